The molecule has 0 aliphatic rings. The lowest BCUT2D eigenvalue weighted by molar-refractivity contribution is 0.0909. The third kappa shape index (κ3) is 4.45. The van der Waals surface area contributed by atoms with Crippen LogP contribution in [-0.4, -0.2) is 20.4 Å². The molecule has 1 rings (SSSR count). The van der Waals surface area contributed by atoms with Gasteiger partial charge in [-0.2, -0.15) is 0 Å². The molecule has 0 saturated carbocycles. The minimum absolute atomic E-state index is 0.0247. The van der Waals surface area contributed by atoms with Gasteiger partial charge in [0.25, 0.3) is 15.0 Å². The number of halogens is 1. The molecule has 0 fully saturated rings. The van der Waals surface area contributed by atoms with Crippen molar-refractivity contribution in [2.75, 3.05) is 0 Å². The Balaban J connectivity index is 3.23. The Labute approximate surface area is 131 Å². The van der Waals surface area contributed by atoms with E-state index < -0.39 is 9.05 Å². The summed E-state index contributed by atoms with van der Waals surface area (Å²) in [5.41, 5.74) is 1.49. The van der Waals surface area contributed by atoms with Gasteiger partial charge >= 0.3 is 0 Å². The predicted octanol–water partition coefficient (Wildman–Crippen LogP) is 3.40. The van der Waals surface area contributed by atoms with Gasteiger partial charge in [0, 0.05) is 22.3 Å². The SMILES string of the molecule is Cc1cc(C)c(S(=O)(=O)Cl)cc1C(=O)NC(C)C(C)(C)C. The number of benzene rings is 1. The van der Waals surface area contributed by atoms with Crippen LogP contribution in [0.5, 0.6) is 0 Å². The summed E-state index contributed by atoms with van der Waals surface area (Å²) in [6, 6.07) is 2.95. The largest absolute Gasteiger partial charge is 0.349 e. The maximum atomic E-state index is 12.4. The molecule has 1 aromatic rings. The zero-order valence-corrected chi connectivity index (χ0v) is 14.8. The normalized spacial score (nSPS) is 13.9. The summed E-state index contributed by atoms with van der Waals surface area (Å²) in [5.74, 6) is -0.295. The van der Waals surface area contributed by atoms with Crippen LogP contribution in [0, 0.1) is 19.3 Å². The second-order valence-electron chi connectivity index (χ2n) is 6.43. The minimum Gasteiger partial charge on any atom is -0.349 e. The van der Waals surface area contributed by atoms with Crippen LogP contribution in [0.3, 0.4) is 0 Å². The number of aryl methyl sites for hydroxylation is 2. The highest BCUT2D eigenvalue weighted by atomic mass is 35.7. The van der Waals surface area contributed by atoms with E-state index in [1.807, 2.05) is 27.7 Å². The standard InChI is InChI=1S/C15H22ClNO3S/c1-9-7-10(2)13(21(16,19)20)8-12(9)14(18)17-11(3)15(4,5)6/h7-8,11H,1-6H3,(H,17,18). The van der Waals surface area contributed by atoms with E-state index in [0.717, 1.165) is 5.56 Å². The number of hydrogen-bond acceptors (Lipinski definition) is 3. The van der Waals surface area contributed by atoms with Crippen molar-refractivity contribution in [2.45, 2.75) is 52.5 Å². The lowest BCUT2D eigenvalue weighted by Crippen LogP contribution is -2.41. The van der Waals surface area contributed by atoms with Crippen LogP contribution >= 0.6 is 10.7 Å². The molecule has 0 saturated heterocycles. The summed E-state index contributed by atoms with van der Waals surface area (Å²) in [6.45, 7) is 11.4. The predicted molar refractivity (Wildman–Crippen MR) is 85.3 cm³/mol. The molecule has 0 spiro atoms. The van der Waals surface area contributed by atoms with Crippen molar-refractivity contribution in [1.29, 1.82) is 0 Å². The number of hydrogen-bond donors (Lipinski definition) is 1. The Hall–Kier alpha value is -1.07. The fraction of sp³-hybridized carbons (Fsp3) is 0.533. The lowest BCUT2D eigenvalue weighted by atomic mass is 9.88. The average molecular weight is 332 g/mol. The zero-order valence-electron chi connectivity index (χ0n) is 13.2. The summed E-state index contributed by atoms with van der Waals surface area (Å²) < 4.78 is 23.1. The molecule has 4 nitrogen and oxygen atoms in total. The lowest BCUT2D eigenvalue weighted by Gasteiger charge is -2.28. The molecular weight excluding hydrogens is 310 g/mol. The van der Waals surface area contributed by atoms with Crippen LogP contribution in [0.2, 0.25) is 0 Å². The van der Waals surface area contributed by atoms with Gasteiger partial charge in [0.1, 0.15) is 0 Å². The molecule has 21 heavy (non-hydrogen) atoms. The van der Waals surface area contributed by atoms with Gasteiger partial charge in [0.05, 0.1) is 4.90 Å². The highest BCUT2D eigenvalue weighted by Gasteiger charge is 2.24. The van der Waals surface area contributed by atoms with Gasteiger partial charge in [-0.1, -0.05) is 26.8 Å². The van der Waals surface area contributed by atoms with E-state index in [-0.39, 0.29) is 22.3 Å². The van der Waals surface area contributed by atoms with Gasteiger partial charge in [0.2, 0.25) is 0 Å². The van der Waals surface area contributed by atoms with Gasteiger partial charge in [-0.15, -0.1) is 0 Å². The first-order chi connectivity index (χ1) is 9.34. The molecule has 0 radical (unpaired) electrons. The second-order valence-corrected chi connectivity index (χ2v) is 8.97. The second kappa shape index (κ2) is 5.97. The first kappa shape index (κ1) is 18.0. The van der Waals surface area contributed by atoms with Crippen molar-refractivity contribution in [2.24, 2.45) is 5.41 Å². The maximum absolute atomic E-state index is 12.4. The van der Waals surface area contributed by atoms with Crippen LogP contribution < -0.4 is 5.32 Å². The molecule has 6 heteroatoms. The summed E-state index contributed by atoms with van der Waals surface area (Å²) in [6.07, 6.45) is 0. The zero-order chi connectivity index (χ0) is 16.6. The van der Waals surface area contributed by atoms with Crippen molar-refractivity contribution in [3.63, 3.8) is 0 Å². The number of nitrogens with one attached hydrogen (secondary N) is 1. The smallest absolute Gasteiger partial charge is 0.261 e. The van der Waals surface area contributed by atoms with E-state index in [9.17, 15) is 13.2 Å². The number of carbonyl (C=O) groups is 1. The molecule has 0 heterocycles. The Morgan fingerprint density at radius 1 is 1.19 bits per heavy atom. The quantitative estimate of drug-likeness (QED) is 0.863. The first-order valence-electron chi connectivity index (χ1n) is 6.71. The molecule has 1 atom stereocenters. The topological polar surface area (TPSA) is 63.2 Å². The molecule has 1 unspecified atom stereocenters. The molecule has 0 bridgehead atoms. The monoisotopic (exact) mass is 331 g/mol. The van der Waals surface area contributed by atoms with Gasteiger partial charge < -0.3 is 5.32 Å². The van der Waals surface area contributed by atoms with E-state index >= 15 is 0 Å². The molecule has 0 aromatic heterocycles. The fourth-order valence-corrected chi connectivity index (χ4v) is 3.03. The third-order valence-corrected chi connectivity index (χ3v) is 5.14. The molecular formula is C15H22ClNO3S. The van der Waals surface area contributed by atoms with Crippen molar-refractivity contribution in [3.05, 3.63) is 28.8 Å². The third-order valence-electron chi connectivity index (χ3n) is 3.68. The van der Waals surface area contributed by atoms with Crippen molar-refractivity contribution in [1.82, 2.24) is 5.32 Å². The molecule has 118 valence electrons. The van der Waals surface area contributed by atoms with E-state index in [2.05, 4.69) is 5.32 Å². The molecule has 1 amide bonds. The summed E-state index contributed by atoms with van der Waals surface area (Å²) in [5, 5.41) is 2.90. The highest BCUT2D eigenvalue weighted by Crippen LogP contribution is 2.24. The average Bonchev–Trinajstić information content (AvgIpc) is 2.25. The number of amides is 1. The molecule has 0 aliphatic carbocycles. The Morgan fingerprint density at radius 3 is 2.14 bits per heavy atom. The van der Waals surface area contributed by atoms with Crippen LogP contribution in [0.25, 0.3) is 0 Å². The van der Waals surface area contributed by atoms with E-state index in [4.69, 9.17) is 10.7 Å². The molecule has 0 aliphatic heterocycles. The minimum atomic E-state index is -3.87. The summed E-state index contributed by atoms with van der Waals surface area (Å²) >= 11 is 0. The first-order valence-corrected chi connectivity index (χ1v) is 9.01. The number of carbonyl (C=O) groups excluding carboxylic acids is 1. The summed E-state index contributed by atoms with van der Waals surface area (Å²) in [4.78, 5) is 12.3. The van der Waals surface area contributed by atoms with E-state index in [1.54, 1.807) is 19.9 Å². The van der Waals surface area contributed by atoms with E-state index in [1.165, 1.54) is 6.07 Å². The fourth-order valence-electron chi connectivity index (χ4n) is 1.83. The van der Waals surface area contributed by atoms with Crippen molar-refractivity contribution in [3.8, 4) is 0 Å². The van der Waals surface area contributed by atoms with Crippen LogP contribution in [0.15, 0.2) is 17.0 Å². The Kier molecular flexibility index (Phi) is 5.11. The van der Waals surface area contributed by atoms with Crippen LogP contribution in [0.1, 0.15) is 49.2 Å². The Morgan fingerprint density at radius 2 is 1.71 bits per heavy atom. The van der Waals surface area contributed by atoms with Gasteiger partial charge in [-0.05, 0) is 43.4 Å². The maximum Gasteiger partial charge on any atom is 0.261 e. The highest BCUT2D eigenvalue weighted by molar-refractivity contribution is 8.13. The van der Waals surface area contributed by atoms with Crippen molar-refractivity contribution < 1.29 is 13.2 Å². The van der Waals surface area contributed by atoms with Crippen LogP contribution in [-0.2, 0) is 9.05 Å². The van der Waals surface area contributed by atoms with Crippen LogP contribution in [0.4, 0.5) is 0 Å². The molecule has 1 aromatic carbocycles. The van der Waals surface area contributed by atoms with E-state index in [0.29, 0.717) is 11.1 Å². The molecule has 1 N–H and O–H groups in total. The van der Waals surface area contributed by atoms with Crippen molar-refractivity contribution >= 4 is 25.6 Å². The van der Waals surface area contributed by atoms with Gasteiger partial charge in [-0.3, -0.25) is 4.79 Å². The van der Waals surface area contributed by atoms with Gasteiger partial charge in [-0.25, -0.2) is 8.42 Å². The Bertz CT molecular complexity index is 660. The summed E-state index contributed by atoms with van der Waals surface area (Å²) in [7, 11) is 1.54. The number of rotatable bonds is 3. The van der Waals surface area contributed by atoms with Gasteiger partial charge in [0.15, 0.2) is 0 Å².